The van der Waals surface area contributed by atoms with Gasteiger partial charge in [0.2, 0.25) is 0 Å². The quantitative estimate of drug-likeness (QED) is 0.877. The molecule has 3 rings (SSSR count). The molecular formula is C21H24N2O3. The smallest absolute Gasteiger partial charge is 0.306 e. The fourth-order valence-corrected chi connectivity index (χ4v) is 3.23. The van der Waals surface area contributed by atoms with Crippen molar-refractivity contribution >= 4 is 23.3 Å². The molecule has 0 aliphatic carbocycles. The lowest BCUT2D eigenvalue weighted by Gasteiger charge is -2.32. The summed E-state index contributed by atoms with van der Waals surface area (Å²) in [6.45, 7) is 5.52. The molecule has 0 spiro atoms. The van der Waals surface area contributed by atoms with E-state index in [2.05, 4.69) is 10.2 Å². The molecule has 2 aromatic rings. The van der Waals surface area contributed by atoms with Crippen molar-refractivity contribution in [2.45, 2.75) is 26.7 Å². The van der Waals surface area contributed by atoms with Gasteiger partial charge in [0.15, 0.2) is 0 Å². The van der Waals surface area contributed by atoms with Crippen molar-refractivity contribution in [2.75, 3.05) is 23.3 Å². The van der Waals surface area contributed by atoms with Crippen LogP contribution in [0.25, 0.3) is 0 Å². The Balaban J connectivity index is 1.63. The Labute approximate surface area is 153 Å². The number of carboxylic acids is 1. The molecule has 5 heteroatoms. The Kier molecular flexibility index (Phi) is 5.26. The van der Waals surface area contributed by atoms with Crippen LogP contribution in [0.2, 0.25) is 0 Å². The number of carbonyl (C=O) groups excluding carboxylic acids is 1. The predicted molar refractivity (Wildman–Crippen MR) is 103 cm³/mol. The molecule has 0 unspecified atom stereocenters. The molecule has 2 N–H and O–H groups in total. The van der Waals surface area contributed by atoms with Gasteiger partial charge in [-0.05, 0) is 74.2 Å². The number of nitrogens with zero attached hydrogens (tertiary/aromatic N) is 1. The molecular weight excluding hydrogens is 328 g/mol. The Hall–Kier alpha value is -2.82. The van der Waals surface area contributed by atoms with Crippen LogP contribution in [0.1, 0.15) is 34.3 Å². The van der Waals surface area contributed by atoms with Gasteiger partial charge in [0.25, 0.3) is 5.91 Å². The zero-order chi connectivity index (χ0) is 18.7. The average Bonchev–Trinajstić information content (AvgIpc) is 2.65. The summed E-state index contributed by atoms with van der Waals surface area (Å²) in [7, 11) is 0. The maximum absolute atomic E-state index is 12.4. The number of rotatable bonds is 4. The van der Waals surface area contributed by atoms with Crippen LogP contribution in [-0.2, 0) is 4.79 Å². The molecule has 26 heavy (non-hydrogen) atoms. The van der Waals surface area contributed by atoms with E-state index in [1.54, 1.807) is 0 Å². The van der Waals surface area contributed by atoms with Gasteiger partial charge in [0.05, 0.1) is 5.92 Å². The number of piperidine rings is 1. The number of nitrogens with one attached hydrogen (secondary N) is 1. The van der Waals surface area contributed by atoms with Crippen molar-refractivity contribution in [3.63, 3.8) is 0 Å². The van der Waals surface area contributed by atoms with Crippen LogP contribution in [-0.4, -0.2) is 30.1 Å². The first-order valence-corrected chi connectivity index (χ1v) is 8.90. The molecule has 0 bridgehead atoms. The maximum atomic E-state index is 12.4. The molecule has 0 radical (unpaired) electrons. The highest BCUT2D eigenvalue weighted by Crippen LogP contribution is 2.24. The van der Waals surface area contributed by atoms with Crippen LogP contribution in [0.5, 0.6) is 0 Å². The fourth-order valence-electron chi connectivity index (χ4n) is 3.23. The number of hydrogen-bond acceptors (Lipinski definition) is 3. The monoisotopic (exact) mass is 352 g/mol. The van der Waals surface area contributed by atoms with Crippen LogP contribution in [0, 0.1) is 19.8 Å². The van der Waals surface area contributed by atoms with Crippen LogP contribution >= 0.6 is 0 Å². The molecule has 1 heterocycles. The predicted octanol–water partition coefficient (Wildman–Crippen LogP) is 3.86. The number of hydrogen-bond donors (Lipinski definition) is 2. The number of benzene rings is 2. The molecule has 1 saturated heterocycles. The third kappa shape index (κ3) is 4.04. The highest BCUT2D eigenvalue weighted by atomic mass is 16.4. The van der Waals surface area contributed by atoms with Crippen molar-refractivity contribution in [3.8, 4) is 0 Å². The Morgan fingerprint density at radius 3 is 2.23 bits per heavy atom. The third-order valence-electron chi connectivity index (χ3n) is 5.10. The Morgan fingerprint density at radius 1 is 1.00 bits per heavy atom. The normalized spacial score (nSPS) is 14.9. The minimum absolute atomic E-state index is 0.135. The van der Waals surface area contributed by atoms with E-state index in [1.807, 2.05) is 56.3 Å². The van der Waals surface area contributed by atoms with Gasteiger partial charge in [-0.25, -0.2) is 0 Å². The van der Waals surface area contributed by atoms with E-state index >= 15 is 0 Å². The van der Waals surface area contributed by atoms with Gasteiger partial charge < -0.3 is 15.3 Å². The molecule has 136 valence electrons. The van der Waals surface area contributed by atoms with Crippen LogP contribution in [0.15, 0.2) is 42.5 Å². The summed E-state index contributed by atoms with van der Waals surface area (Å²) in [5.74, 6) is -1.08. The van der Waals surface area contributed by atoms with Gasteiger partial charge in [-0.15, -0.1) is 0 Å². The van der Waals surface area contributed by atoms with Gasteiger partial charge in [-0.3, -0.25) is 9.59 Å². The lowest BCUT2D eigenvalue weighted by atomic mass is 9.96. The topological polar surface area (TPSA) is 69.6 Å². The largest absolute Gasteiger partial charge is 0.481 e. The van der Waals surface area contributed by atoms with E-state index < -0.39 is 5.97 Å². The van der Waals surface area contributed by atoms with Gasteiger partial charge in [0.1, 0.15) is 0 Å². The Morgan fingerprint density at radius 2 is 1.65 bits per heavy atom. The fraction of sp³-hybridized carbons (Fsp3) is 0.333. The number of amides is 1. The SMILES string of the molecule is Cc1ccc(NC(=O)c2ccc(N3CCC(C(=O)O)CC3)cc2)cc1C. The summed E-state index contributed by atoms with van der Waals surface area (Å²) in [4.78, 5) is 25.6. The molecule has 1 amide bonds. The minimum atomic E-state index is -0.706. The second kappa shape index (κ2) is 7.60. The van der Waals surface area contributed by atoms with E-state index in [4.69, 9.17) is 5.11 Å². The minimum Gasteiger partial charge on any atom is -0.481 e. The maximum Gasteiger partial charge on any atom is 0.306 e. The molecule has 2 aromatic carbocycles. The highest BCUT2D eigenvalue weighted by Gasteiger charge is 2.24. The molecule has 0 saturated carbocycles. The van der Waals surface area contributed by atoms with Crippen molar-refractivity contribution < 1.29 is 14.7 Å². The number of aryl methyl sites for hydroxylation is 2. The number of aliphatic carboxylic acids is 1. The summed E-state index contributed by atoms with van der Waals surface area (Å²) in [5.41, 5.74) is 4.75. The molecule has 0 aromatic heterocycles. The van der Waals surface area contributed by atoms with Crippen molar-refractivity contribution in [1.82, 2.24) is 0 Å². The second-order valence-corrected chi connectivity index (χ2v) is 6.90. The lowest BCUT2D eigenvalue weighted by Crippen LogP contribution is -2.36. The third-order valence-corrected chi connectivity index (χ3v) is 5.10. The first-order valence-electron chi connectivity index (χ1n) is 8.90. The number of carboxylic acid groups (broad SMARTS) is 1. The zero-order valence-electron chi connectivity index (χ0n) is 15.2. The lowest BCUT2D eigenvalue weighted by molar-refractivity contribution is -0.142. The van der Waals surface area contributed by atoms with Crippen LogP contribution < -0.4 is 10.2 Å². The number of anilines is 2. The summed E-state index contributed by atoms with van der Waals surface area (Å²) in [6, 6.07) is 13.3. The molecule has 0 atom stereocenters. The van der Waals surface area contributed by atoms with Crippen molar-refractivity contribution in [1.29, 1.82) is 0 Å². The van der Waals surface area contributed by atoms with E-state index in [0.29, 0.717) is 18.4 Å². The van der Waals surface area contributed by atoms with Gasteiger partial charge in [-0.2, -0.15) is 0 Å². The molecule has 1 aliphatic rings. The van der Waals surface area contributed by atoms with Crippen molar-refractivity contribution in [2.24, 2.45) is 5.92 Å². The van der Waals surface area contributed by atoms with E-state index in [-0.39, 0.29) is 11.8 Å². The Bertz CT molecular complexity index is 807. The number of carbonyl (C=O) groups is 2. The molecule has 5 nitrogen and oxygen atoms in total. The van der Waals surface area contributed by atoms with Gasteiger partial charge in [-0.1, -0.05) is 6.07 Å². The van der Waals surface area contributed by atoms with Gasteiger partial charge in [0, 0.05) is 30.0 Å². The van der Waals surface area contributed by atoms with Crippen molar-refractivity contribution in [3.05, 3.63) is 59.2 Å². The van der Waals surface area contributed by atoms with Crippen LogP contribution in [0.4, 0.5) is 11.4 Å². The molecule has 1 fully saturated rings. The first kappa shape index (κ1) is 18.0. The standard InChI is InChI=1S/C21H24N2O3/c1-14-3-6-18(13-15(14)2)22-20(24)16-4-7-19(8-5-16)23-11-9-17(10-12-23)21(25)26/h3-8,13,17H,9-12H2,1-2H3,(H,22,24)(H,25,26). The second-order valence-electron chi connectivity index (χ2n) is 6.90. The van der Waals surface area contributed by atoms with E-state index in [9.17, 15) is 9.59 Å². The summed E-state index contributed by atoms with van der Waals surface area (Å²) >= 11 is 0. The van der Waals surface area contributed by atoms with E-state index in [0.717, 1.165) is 30.0 Å². The van der Waals surface area contributed by atoms with E-state index in [1.165, 1.54) is 5.56 Å². The average molecular weight is 352 g/mol. The van der Waals surface area contributed by atoms with Crippen LogP contribution in [0.3, 0.4) is 0 Å². The zero-order valence-corrected chi connectivity index (χ0v) is 15.2. The summed E-state index contributed by atoms with van der Waals surface area (Å²) in [6.07, 6.45) is 1.31. The summed E-state index contributed by atoms with van der Waals surface area (Å²) in [5, 5.41) is 12.0. The van der Waals surface area contributed by atoms with Gasteiger partial charge >= 0.3 is 5.97 Å². The molecule has 1 aliphatic heterocycles. The summed E-state index contributed by atoms with van der Waals surface area (Å²) < 4.78 is 0. The first-order chi connectivity index (χ1) is 12.4. The highest BCUT2D eigenvalue weighted by molar-refractivity contribution is 6.04.